The van der Waals surface area contributed by atoms with Gasteiger partial charge in [-0.2, -0.15) is 0 Å². The molecule has 0 fully saturated rings. The SMILES string of the molecule is Cc1[nH]cnc1CCCOCc1ccncc1. The van der Waals surface area contributed by atoms with Crippen LogP contribution in [0.25, 0.3) is 0 Å². The second-order valence-electron chi connectivity index (χ2n) is 3.99. The maximum Gasteiger partial charge on any atom is 0.0925 e. The molecule has 0 unspecified atom stereocenters. The van der Waals surface area contributed by atoms with Crippen molar-refractivity contribution in [3.63, 3.8) is 0 Å². The number of pyridine rings is 1. The van der Waals surface area contributed by atoms with Crippen LogP contribution in [0.15, 0.2) is 30.9 Å². The van der Waals surface area contributed by atoms with E-state index in [-0.39, 0.29) is 0 Å². The Kier molecular flexibility index (Phi) is 4.27. The Labute approximate surface area is 101 Å². The van der Waals surface area contributed by atoms with Gasteiger partial charge in [0.25, 0.3) is 0 Å². The quantitative estimate of drug-likeness (QED) is 0.776. The van der Waals surface area contributed by atoms with Crippen LogP contribution in [0.1, 0.15) is 23.4 Å². The van der Waals surface area contributed by atoms with Crippen LogP contribution in [0, 0.1) is 6.92 Å². The van der Waals surface area contributed by atoms with Crippen molar-refractivity contribution >= 4 is 0 Å². The minimum absolute atomic E-state index is 0.655. The Balaban J connectivity index is 1.63. The Bertz CT molecular complexity index is 439. The first-order valence-electron chi connectivity index (χ1n) is 5.82. The number of nitrogens with zero attached hydrogens (tertiary/aromatic N) is 2. The van der Waals surface area contributed by atoms with Crippen molar-refractivity contribution in [2.24, 2.45) is 0 Å². The van der Waals surface area contributed by atoms with Crippen LogP contribution in [-0.2, 0) is 17.8 Å². The normalized spacial score (nSPS) is 10.6. The van der Waals surface area contributed by atoms with Crippen molar-refractivity contribution in [3.05, 3.63) is 47.8 Å². The van der Waals surface area contributed by atoms with Gasteiger partial charge in [0.05, 0.1) is 18.6 Å². The number of H-pyrrole nitrogens is 1. The lowest BCUT2D eigenvalue weighted by Gasteiger charge is -2.03. The van der Waals surface area contributed by atoms with Gasteiger partial charge >= 0.3 is 0 Å². The van der Waals surface area contributed by atoms with Crippen LogP contribution >= 0.6 is 0 Å². The molecule has 4 heteroatoms. The first kappa shape index (κ1) is 11.8. The summed E-state index contributed by atoms with van der Waals surface area (Å²) in [5.41, 5.74) is 3.45. The van der Waals surface area contributed by atoms with Gasteiger partial charge < -0.3 is 9.72 Å². The standard InChI is InChI=1S/C13H17N3O/c1-11-13(16-10-15-11)3-2-8-17-9-12-4-6-14-7-5-12/h4-7,10H,2-3,8-9H2,1H3,(H,15,16). The zero-order valence-electron chi connectivity index (χ0n) is 10.0. The second-order valence-corrected chi connectivity index (χ2v) is 3.99. The maximum absolute atomic E-state index is 5.59. The summed E-state index contributed by atoms with van der Waals surface area (Å²) in [7, 11) is 0. The molecule has 0 aromatic carbocycles. The van der Waals surface area contributed by atoms with E-state index in [1.165, 1.54) is 0 Å². The van der Waals surface area contributed by atoms with Gasteiger partial charge in [0.2, 0.25) is 0 Å². The van der Waals surface area contributed by atoms with Gasteiger partial charge in [-0.1, -0.05) is 0 Å². The molecule has 0 bridgehead atoms. The van der Waals surface area contributed by atoms with E-state index in [9.17, 15) is 0 Å². The zero-order valence-corrected chi connectivity index (χ0v) is 10.0. The third-order valence-corrected chi connectivity index (χ3v) is 2.65. The number of aryl methyl sites for hydroxylation is 2. The topological polar surface area (TPSA) is 50.8 Å². The molecule has 2 heterocycles. The Morgan fingerprint density at radius 1 is 1.29 bits per heavy atom. The van der Waals surface area contributed by atoms with Crippen molar-refractivity contribution in [1.82, 2.24) is 15.0 Å². The highest BCUT2D eigenvalue weighted by molar-refractivity contribution is 5.09. The lowest BCUT2D eigenvalue weighted by atomic mass is 10.2. The predicted octanol–water partition coefficient (Wildman–Crippen LogP) is 2.26. The first-order chi connectivity index (χ1) is 8.36. The Hall–Kier alpha value is -1.68. The molecule has 0 radical (unpaired) electrons. The lowest BCUT2D eigenvalue weighted by molar-refractivity contribution is 0.118. The number of ether oxygens (including phenoxy) is 1. The smallest absolute Gasteiger partial charge is 0.0925 e. The summed E-state index contributed by atoms with van der Waals surface area (Å²) in [4.78, 5) is 11.3. The van der Waals surface area contributed by atoms with Gasteiger partial charge in [-0.25, -0.2) is 4.98 Å². The molecule has 90 valence electrons. The number of nitrogens with one attached hydrogen (secondary N) is 1. The molecule has 0 saturated carbocycles. The van der Waals surface area contributed by atoms with E-state index in [0.29, 0.717) is 6.61 Å². The fourth-order valence-corrected chi connectivity index (χ4v) is 1.65. The number of aromatic nitrogens is 3. The molecular weight excluding hydrogens is 214 g/mol. The highest BCUT2D eigenvalue weighted by Crippen LogP contribution is 2.05. The number of hydrogen-bond donors (Lipinski definition) is 1. The van der Waals surface area contributed by atoms with Crippen molar-refractivity contribution in [2.75, 3.05) is 6.61 Å². The van der Waals surface area contributed by atoms with E-state index < -0.39 is 0 Å². The second kappa shape index (κ2) is 6.15. The van der Waals surface area contributed by atoms with Crippen LogP contribution in [0.5, 0.6) is 0 Å². The summed E-state index contributed by atoms with van der Waals surface area (Å²) < 4.78 is 5.59. The Morgan fingerprint density at radius 3 is 2.82 bits per heavy atom. The van der Waals surface area contributed by atoms with Gasteiger partial charge in [0.15, 0.2) is 0 Å². The summed E-state index contributed by atoms with van der Waals surface area (Å²) in [5, 5.41) is 0. The van der Waals surface area contributed by atoms with E-state index in [2.05, 4.69) is 15.0 Å². The van der Waals surface area contributed by atoms with Crippen LogP contribution in [0.4, 0.5) is 0 Å². The van der Waals surface area contributed by atoms with Crippen molar-refractivity contribution in [2.45, 2.75) is 26.4 Å². The molecular formula is C13H17N3O. The summed E-state index contributed by atoms with van der Waals surface area (Å²) in [6.07, 6.45) is 7.27. The maximum atomic E-state index is 5.59. The number of aromatic amines is 1. The number of imidazole rings is 1. The van der Waals surface area contributed by atoms with Crippen LogP contribution in [0.2, 0.25) is 0 Å². The minimum Gasteiger partial charge on any atom is -0.377 e. The summed E-state index contributed by atoms with van der Waals surface area (Å²) in [6.45, 7) is 3.46. The third-order valence-electron chi connectivity index (χ3n) is 2.65. The minimum atomic E-state index is 0.655. The Morgan fingerprint density at radius 2 is 2.12 bits per heavy atom. The third kappa shape index (κ3) is 3.67. The summed E-state index contributed by atoms with van der Waals surface area (Å²) in [5.74, 6) is 0. The van der Waals surface area contributed by atoms with Crippen LogP contribution in [-0.4, -0.2) is 21.6 Å². The average Bonchev–Trinajstić information content (AvgIpc) is 2.76. The molecule has 4 nitrogen and oxygen atoms in total. The number of hydrogen-bond acceptors (Lipinski definition) is 3. The highest BCUT2D eigenvalue weighted by Gasteiger charge is 2.00. The molecule has 2 aromatic rings. The first-order valence-corrected chi connectivity index (χ1v) is 5.82. The van der Waals surface area contributed by atoms with Crippen molar-refractivity contribution in [1.29, 1.82) is 0 Å². The predicted molar refractivity (Wildman–Crippen MR) is 65.5 cm³/mol. The van der Waals surface area contributed by atoms with Gasteiger partial charge in [-0.15, -0.1) is 0 Å². The molecule has 0 atom stereocenters. The fourth-order valence-electron chi connectivity index (χ4n) is 1.65. The van der Waals surface area contributed by atoms with Gasteiger partial charge in [0.1, 0.15) is 0 Å². The fraction of sp³-hybridized carbons (Fsp3) is 0.385. The molecule has 0 saturated heterocycles. The summed E-state index contributed by atoms with van der Waals surface area (Å²) in [6, 6.07) is 3.94. The molecule has 2 aromatic heterocycles. The van der Waals surface area contributed by atoms with E-state index >= 15 is 0 Å². The van der Waals surface area contributed by atoms with Gasteiger partial charge in [0, 0.05) is 24.7 Å². The highest BCUT2D eigenvalue weighted by atomic mass is 16.5. The van der Waals surface area contributed by atoms with E-state index in [1.807, 2.05) is 19.1 Å². The molecule has 0 aliphatic rings. The number of rotatable bonds is 6. The molecule has 17 heavy (non-hydrogen) atoms. The van der Waals surface area contributed by atoms with E-state index in [0.717, 1.165) is 36.4 Å². The average molecular weight is 231 g/mol. The van der Waals surface area contributed by atoms with Gasteiger partial charge in [-0.3, -0.25) is 4.98 Å². The monoisotopic (exact) mass is 231 g/mol. The molecule has 1 N–H and O–H groups in total. The lowest BCUT2D eigenvalue weighted by Crippen LogP contribution is -1.98. The van der Waals surface area contributed by atoms with Crippen molar-refractivity contribution in [3.8, 4) is 0 Å². The largest absolute Gasteiger partial charge is 0.377 e. The molecule has 0 aliphatic carbocycles. The van der Waals surface area contributed by atoms with Crippen molar-refractivity contribution < 1.29 is 4.74 Å². The van der Waals surface area contributed by atoms with E-state index in [4.69, 9.17) is 4.74 Å². The summed E-state index contributed by atoms with van der Waals surface area (Å²) >= 11 is 0. The van der Waals surface area contributed by atoms with Crippen LogP contribution < -0.4 is 0 Å². The van der Waals surface area contributed by atoms with Crippen LogP contribution in [0.3, 0.4) is 0 Å². The molecule has 0 amide bonds. The molecule has 0 aliphatic heterocycles. The van der Waals surface area contributed by atoms with E-state index in [1.54, 1.807) is 18.7 Å². The van der Waals surface area contributed by atoms with Gasteiger partial charge in [-0.05, 0) is 37.5 Å². The molecule has 2 rings (SSSR count). The zero-order chi connectivity index (χ0) is 11.9. The molecule has 0 spiro atoms.